The van der Waals surface area contributed by atoms with E-state index in [1.165, 1.54) is 25.5 Å². The van der Waals surface area contributed by atoms with E-state index in [1.807, 2.05) is 19.1 Å². The van der Waals surface area contributed by atoms with E-state index in [0.717, 1.165) is 29.7 Å². The second-order valence-electron chi connectivity index (χ2n) is 10.5. The Morgan fingerprint density at radius 2 is 1.39 bits per heavy atom. The molecule has 0 aliphatic heterocycles. The Labute approximate surface area is 228 Å². The van der Waals surface area contributed by atoms with Crippen LogP contribution in [0, 0.1) is 5.92 Å². The molecule has 0 heterocycles. The molecule has 3 unspecified atom stereocenters. The molecule has 0 aliphatic rings. The molecule has 0 radical (unpaired) electrons. The summed E-state index contributed by atoms with van der Waals surface area (Å²) in [6.07, 6.45) is 5.00. The van der Waals surface area contributed by atoms with Crippen molar-refractivity contribution in [2.45, 2.75) is 78.4 Å². The molecule has 6 heteroatoms. The molecule has 38 heavy (non-hydrogen) atoms. The number of ether oxygens (including phenoxy) is 4. The van der Waals surface area contributed by atoms with Gasteiger partial charge >= 0.3 is 5.97 Å². The van der Waals surface area contributed by atoms with Crippen molar-refractivity contribution < 1.29 is 28.5 Å². The van der Waals surface area contributed by atoms with Gasteiger partial charge in [0.05, 0.1) is 12.7 Å². The molecular formula is C32H44O6. The summed E-state index contributed by atoms with van der Waals surface area (Å²) in [5, 5.41) is 0. The van der Waals surface area contributed by atoms with E-state index >= 15 is 0 Å². The first-order valence-electron chi connectivity index (χ1n) is 13.4. The molecule has 3 atom stereocenters. The minimum absolute atomic E-state index is 0.0585. The first kappa shape index (κ1) is 31.1. The topological polar surface area (TPSA) is 71.1 Å². The van der Waals surface area contributed by atoms with Gasteiger partial charge in [0.1, 0.15) is 30.5 Å². The number of hydrogen-bond acceptors (Lipinski definition) is 6. The van der Waals surface area contributed by atoms with E-state index in [1.54, 1.807) is 0 Å². The van der Waals surface area contributed by atoms with Crippen LogP contribution in [0.3, 0.4) is 0 Å². The molecule has 6 nitrogen and oxygen atoms in total. The molecule has 2 aromatic rings. The summed E-state index contributed by atoms with van der Waals surface area (Å²) in [5.74, 6) is 1.71. The monoisotopic (exact) mass is 524 g/mol. The van der Waals surface area contributed by atoms with Gasteiger partial charge in [-0.05, 0) is 68.0 Å². The summed E-state index contributed by atoms with van der Waals surface area (Å²) in [6.45, 7) is 13.0. The van der Waals surface area contributed by atoms with Crippen molar-refractivity contribution in [3.63, 3.8) is 0 Å². The number of carbonyl (C=O) groups excluding carboxylic acids is 2. The minimum Gasteiger partial charge on any atom is -0.491 e. The lowest BCUT2D eigenvalue weighted by molar-refractivity contribution is -0.140. The summed E-state index contributed by atoms with van der Waals surface area (Å²) in [5.41, 5.74) is 2.37. The van der Waals surface area contributed by atoms with Gasteiger partial charge in [-0.3, -0.25) is 4.79 Å². The quantitative estimate of drug-likeness (QED) is 0.138. The molecule has 0 aromatic heterocycles. The molecule has 0 amide bonds. The maximum atomic E-state index is 11.9. The van der Waals surface area contributed by atoms with Gasteiger partial charge in [-0.1, -0.05) is 58.4 Å². The largest absolute Gasteiger partial charge is 0.491 e. The van der Waals surface area contributed by atoms with Crippen LogP contribution in [0.4, 0.5) is 0 Å². The Bertz CT molecular complexity index is 1020. The van der Waals surface area contributed by atoms with E-state index in [2.05, 4.69) is 71.0 Å². The molecule has 0 bridgehead atoms. The maximum absolute atomic E-state index is 11.9. The predicted molar refractivity (Wildman–Crippen MR) is 151 cm³/mol. The van der Waals surface area contributed by atoms with Gasteiger partial charge in [-0.25, -0.2) is 4.79 Å². The average molecular weight is 525 g/mol. The van der Waals surface area contributed by atoms with Crippen molar-refractivity contribution in [2.75, 3.05) is 20.3 Å². The second kappa shape index (κ2) is 15.3. The Morgan fingerprint density at radius 1 is 0.868 bits per heavy atom. The van der Waals surface area contributed by atoms with E-state index in [0.29, 0.717) is 12.0 Å². The van der Waals surface area contributed by atoms with Gasteiger partial charge in [0.25, 0.3) is 0 Å². The van der Waals surface area contributed by atoms with Crippen LogP contribution < -0.4 is 9.47 Å². The van der Waals surface area contributed by atoms with Gasteiger partial charge in [0, 0.05) is 24.2 Å². The molecule has 0 spiro atoms. The Kier molecular flexibility index (Phi) is 12.5. The highest BCUT2D eigenvalue weighted by Crippen LogP contribution is 2.33. The van der Waals surface area contributed by atoms with Crippen LogP contribution in [0.25, 0.3) is 0 Å². The van der Waals surface area contributed by atoms with E-state index in [4.69, 9.17) is 18.9 Å². The van der Waals surface area contributed by atoms with Crippen LogP contribution >= 0.6 is 0 Å². The smallest absolute Gasteiger partial charge is 0.331 e. The highest BCUT2D eigenvalue weighted by Gasteiger charge is 2.23. The van der Waals surface area contributed by atoms with Crippen LogP contribution in [0.2, 0.25) is 0 Å². The van der Waals surface area contributed by atoms with Gasteiger partial charge in [0.15, 0.2) is 0 Å². The maximum Gasteiger partial charge on any atom is 0.331 e. The summed E-state index contributed by atoms with van der Waals surface area (Å²) < 4.78 is 22.1. The fraction of sp³-hybridized carbons (Fsp3) is 0.500. The first-order chi connectivity index (χ1) is 18.1. The van der Waals surface area contributed by atoms with Gasteiger partial charge in [-0.15, -0.1) is 0 Å². The Hall–Kier alpha value is -3.12. The lowest BCUT2D eigenvalue weighted by Crippen LogP contribution is -2.22. The first-order valence-corrected chi connectivity index (χ1v) is 13.4. The number of methoxy groups -OCH3 is 1. The van der Waals surface area contributed by atoms with Crippen molar-refractivity contribution in [2.24, 2.45) is 5.92 Å². The van der Waals surface area contributed by atoms with Crippen molar-refractivity contribution >= 4 is 12.3 Å². The van der Waals surface area contributed by atoms with E-state index < -0.39 is 5.97 Å². The molecule has 0 fully saturated rings. The zero-order valence-corrected chi connectivity index (χ0v) is 24.0. The van der Waals surface area contributed by atoms with E-state index in [9.17, 15) is 9.59 Å². The van der Waals surface area contributed by atoms with Crippen LogP contribution in [0.1, 0.15) is 71.9 Å². The normalized spacial score (nSPS) is 14.3. The number of esters is 1. The molecule has 2 rings (SSSR count). The highest BCUT2D eigenvalue weighted by atomic mass is 16.6. The molecule has 0 N–H and O–H groups in total. The van der Waals surface area contributed by atoms with Crippen LogP contribution in [-0.4, -0.2) is 44.8 Å². The summed E-state index contributed by atoms with van der Waals surface area (Å²) in [7, 11) is 1.45. The van der Waals surface area contributed by atoms with Crippen molar-refractivity contribution in [1.82, 2.24) is 0 Å². The molecular weight excluding hydrogens is 480 g/mol. The lowest BCUT2D eigenvalue weighted by Gasteiger charge is -2.27. The van der Waals surface area contributed by atoms with Gasteiger partial charge in [-0.2, -0.15) is 0 Å². The third-order valence-electron chi connectivity index (χ3n) is 6.82. The number of aldehydes is 1. The predicted octanol–water partition coefficient (Wildman–Crippen LogP) is 6.69. The zero-order valence-electron chi connectivity index (χ0n) is 24.0. The van der Waals surface area contributed by atoms with Gasteiger partial charge in [0.2, 0.25) is 0 Å². The average Bonchev–Trinajstić information content (AvgIpc) is 2.91. The number of rotatable bonds is 16. The fourth-order valence-electron chi connectivity index (χ4n) is 4.02. The van der Waals surface area contributed by atoms with Crippen molar-refractivity contribution in [3.8, 4) is 11.5 Å². The van der Waals surface area contributed by atoms with Crippen molar-refractivity contribution in [3.05, 3.63) is 71.3 Å². The molecule has 208 valence electrons. The standard InChI is InChI=1S/C32H44O6/c1-8-23(2)9-10-24(3)37-29-15-11-27(12-16-29)32(5,6)28-13-17-30(18-14-28)38-25(4)21-36-31(34)19-26(20-33)22-35-7/h11-20,23-25H,8-10,21-22H2,1-7H3/b26-19+. The van der Waals surface area contributed by atoms with E-state index in [-0.39, 0.29) is 36.4 Å². The summed E-state index contributed by atoms with van der Waals surface area (Å²) in [4.78, 5) is 22.8. The number of hydrogen-bond donors (Lipinski definition) is 0. The third kappa shape index (κ3) is 9.97. The SMILES string of the molecule is CCC(C)CCC(C)Oc1ccc(C(C)(C)c2ccc(OC(C)COC(=O)/C=C(\C=O)COC)cc2)cc1. The van der Waals surface area contributed by atoms with Crippen LogP contribution in [0.5, 0.6) is 11.5 Å². The fourth-order valence-corrected chi connectivity index (χ4v) is 4.02. The number of benzene rings is 2. The molecule has 2 aromatic carbocycles. The van der Waals surface area contributed by atoms with Gasteiger partial charge < -0.3 is 18.9 Å². The third-order valence-corrected chi connectivity index (χ3v) is 6.82. The molecule has 0 saturated carbocycles. The molecule has 0 saturated heterocycles. The summed E-state index contributed by atoms with van der Waals surface area (Å²) >= 11 is 0. The summed E-state index contributed by atoms with van der Waals surface area (Å²) in [6, 6.07) is 16.3. The highest BCUT2D eigenvalue weighted by molar-refractivity contribution is 5.89. The molecule has 0 aliphatic carbocycles. The van der Waals surface area contributed by atoms with Crippen LogP contribution in [0.15, 0.2) is 60.2 Å². The Balaban J connectivity index is 1.92. The minimum atomic E-state index is -0.603. The lowest BCUT2D eigenvalue weighted by atomic mass is 9.78. The zero-order chi connectivity index (χ0) is 28.1. The van der Waals surface area contributed by atoms with Crippen LogP contribution in [-0.2, 0) is 24.5 Å². The van der Waals surface area contributed by atoms with Crippen molar-refractivity contribution in [1.29, 1.82) is 0 Å². The second-order valence-corrected chi connectivity index (χ2v) is 10.5. The Morgan fingerprint density at radius 3 is 1.87 bits per heavy atom. The number of carbonyl (C=O) groups is 2.